The Hall–Kier alpha value is -0.520. The lowest BCUT2D eigenvalue weighted by Crippen LogP contribution is -2.09. The molecule has 0 aromatic carbocycles. The second-order valence-electron chi connectivity index (χ2n) is 5.86. The van der Waals surface area contributed by atoms with Gasteiger partial charge in [0.15, 0.2) is 0 Å². The SMILES string of the molecule is C/C1=C/CC(C)(C)CCC/C(C)=C/CC1. The van der Waals surface area contributed by atoms with E-state index in [0.717, 1.165) is 0 Å². The molecule has 0 spiro atoms. The predicted octanol–water partition coefficient (Wildman–Crippen LogP) is 5.26. The second kappa shape index (κ2) is 5.53. The molecule has 0 aromatic rings. The van der Waals surface area contributed by atoms with Gasteiger partial charge >= 0.3 is 0 Å². The maximum atomic E-state index is 2.45. The van der Waals surface area contributed by atoms with Gasteiger partial charge < -0.3 is 0 Å². The Balaban J connectivity index is 2.66. The molecule has 0 fully saturated rings. The highest BCUT2D eigenvalue weighted by Crippen LogP contribution is 2.30. The zero-order valence-electron chi connectivity index (χ0n) is 10.9. The minimum absolute atomic E-state index is 0.492. The summed E-state index contributed by atoms with van der Waals surface area (Å²) in [7, 11) is 0. The number of hydrogen-bond acceptors (Lipinski definition) is 0. The summed E-state index contributed by atoms with van der Waals surface area (Å²) in [6.45, 7) is 9.35. The smallest absolute Gasteiger partial charge is 0.0288 e. The highest BCUT2D eigenvalue weighted by Gasteiger charge is 2.16. The molecule has 0 radical (unpaired) electrons. The molecule has 0 saturated carbocycles. The van der Waals surface area contributed by atoms with E-state index in [9.17, 15) is 0 Å². The average Bonchev–Trinajstić information content (AvgIpc) is 2.15. The van der Waals surface area contributed by atoms with Gasteiger partial charge in [-0.25, -0.2) is 0 Å². The zero-order valence-corrected chi connectivity index (χ0v) is 10.9. The van der Waals surface area contributed by atoms with Crippen LogP contribution in [-0.2, 0) is 0 Å². The van der Waals surface area contributed by atoms with Crippen molar-refractivity contribution in [3.8, 4) is 0 Å². The molecule has 0 N–H and O–H groups in total. The molecule has 0 amide bonds. The van der Waals surface area contributed by atoms with Crippen LogP contribution in [0.1, 0.15) is 66.2 Å². The number of allylic oxidation sites excluding steroid dienone is 4. The van der Waals surface area contributed by atoms with Crippen LogP contribution in [0.15, 0.2) is 23.3 Å². The van der Waals surface area contributed by atoms with E-state index >= 15 is 0 Å². The van der Waals surface area contributed by atoms with Crippen molar-refractivity contribution in [3.63, 3.8) is 0 Å². The largest absolute Gasteiger partial charge is 0.0853 e. The molecule has 1 rings (SSSR count). The van der Waals surface area contributed by atoms with Gasteiger partial charge in [-0.1, -0.05) is 37.1 Å². The van der Waals surface area contributed by atoms with Crippen LogP contribution in [0.2, 0.25) is 0 Å². The second-order valence-corrected chi connectivity index (χ2v) is 5.86. The van der Waals surface area contributed by atoms with Gasteiger partial charge in [-0.3, -0.25) is 0 Å². The molecular weight excluding hydrogens is 180 g/mol. The lowest BCUT2D eigenvalue weighted by molar-refractivity contribution is 0.329. The number of rotatable bonds is 0. The first kappa shape index (κ1) is 12.5. The van der Waals surface area contributed by atoms with Crippen LogP contribution in [0.25, 0.3) is 0 Å². The summed E-state index contributed by atoms with van der Waals surface area (Å²) in [5.74, 6) is 0. The minimum Gasteiger partial charge on any atom is -0.0853 e. The fourth-order valence-corrected chi connectivity index (χ4v) is 2.15. The van der Waals surface area contributed by atoms with Crippen LogP contribution < -0.4 is 0 Å². The van der Waals surface area contributed by atoms with Crippen LogP contribution in [0, 0.1) is 5.41 Å². The maximum Gasteiger partial charge on any atom is -0.0288 e. The summed E-state index contributed by atoms with van der Waals surface area (Å²) in [6, 6.07) is 0. The molecule has 0 saturated heterocycles. The van der Waals surface area contributed by atoms with Crippen molar-refractivity contribution in [2.45, 2.75) is 66.2 Å². The molecular formula is C15H26. The van der Waals surface area contributed by atoms with Crippen LogP contribution in [-0.4, -0.2) is 0 Å². The third-order valence-corrected chi connectivity index (χ3v) is 3.46. The molecule has 0 aromatic heterocycles. The molecule has 86 valence electrons. The fourth-order valence-electron chi connectivity index (χ4n) is 2.15. The number of hydrogen-bond donors (Lipinski definition) is 0. The molecule has 0 nitrogen and oxygen atoms in total. The fraction of sp³-hybridized carbons (Fsp3) is 0.733. The van der Waals surface area contributed by atoms with E-state index < -0.39 is 0 Å². The van der Waals surface area contributed by atoms with E-state index in [1.807, 2.05) is 0 Å². The molecule has 0 atom stereocenters. The van der Waals surface area contributed by atoms with Gasteiger partial charge in [-0.15, -0.1) is 0 Å². The third-order valence-electron chi connectivity index (χ3n) is 3.46. The Morgan fingerprint density at radius 3 is 2.40 bits per heavy atom. The summed E-state index contributed by atoms with van der Waals surface area (Å²) < 4.78 is 0. The molecule has 15 heavy (non-hydrogen) atoms. The molecule has 1 aliphatic rings. The summed E-state index contributed by atoms with van der Waals surface area (Å²) in [6.07, 6.45) is 12.6. The lowest BCUT2D eigenvalue weighted by atomic mass is 9.83. The standard InChI is InChI=1S/C15H26/c1-13-7-5-8-14(2)10-12-15(3,4)11-6-9-13/h7,10H,5-6,8-9,11-12H2,1-4H3/b13-7+,14-10-. The average molecular weight is 206 g/mol. The monoisotopic (exact) mass is 206 g/mol. The molecule has 0 heterocycles. The summed E-state index contributed by atoms with van der Waals surface area (Å²) in [5, 5.41) is 0. The van der Waals surface area contributed by atoms with E-state index in [4.69, 9.17) is 0 Å². The minimum atomic E-state index is 0.492. The highest BCUT2D eigenvalue weighted by atomic mass is 14.2. The zero-order chi connectivity index (χ0) is 11.3. The summed E-state index contributed by atoms with van der Waals surface area (Å²) in [4.78, 5) is 0. The van der Waals surface area contributed by atoms with Gasteiger partial charge in [0, 0.05) is 0 Å². The first-order valence-electron chi connectivity index (χ1n) is 6.31. The van der Waals surface area contributed by atoms with Gasteiger partial charge in [0.2, 0.25) is 0 Å². The molecule has 0 unspecified atom stereocenters. The van der Waals surface area contributed by atoms with Gasteiger partial charge in [0.1, 0.15) is 0 Å². The molecule has 0 aliphatic heterocycles. The Bertz CT molecular complexity index is 253. The van der Waals surface area contributed by atoms with Crippen molar-refractivity contribution in [3.05, 3.63) is 23.3 Å². The van der Waals surface area contributed by atoms with Crippen molar-refractivity contribution in [2.75, 3.05) is 0 Å². The van der Waals surface area contributed by atoms with Crippen molar-refractivity contribution in [1.82, 2.24) is 0 Å². The Morgan fingerprint density at radius 1 is 1.00 bits per heavy atom. The van der Waals surface area contributed by atoms with Gasteiger partial charge in [-0.2, -0.15) is 0 Å². The van der Waals surface area contributed by atoms with Crippen molar-refractivity contribution in [1.29, 1.82) is 0 Å². The quantitative estimate of drug-likeness (QED) is 0.474. The highest BCUT2D eigenvalue weighted by molar-refractivity contribution is 5.05. The van der Waals surface area contributed by atoms with Crippen LogP contribution >= 0.6 is 0 Å². The van der Waals surface area contributed by atoms with Crippen LogP contribution in [0.4, 0.5) is 0 Å². The van der Waals surface area contributed by atoms with Crippen LogP contribution in [0.5, 0.6) is 0 Å². The van der Waals surface area contributed by atoms with Crippen molar-refractivity contribution in [2.24, 2.45) is 5.41 Å². The Labute approximate surface area is 95.5 Å². The molecule has 0 bridgehead atoms. The molecule has 0 heteroatoms. The first-order valence-corrected chi connectivity index (χ1v) is 6.31. The predicted molar refractivity (Wildman–Crippen MR) is 69.0 cm³/mol. The normalized spacial score (nSPS) is 30.7. The van der Waals surface area contributed by atoms with Gasteiger partial charge in [0.05, 0.1) is 0 Å². The summed E-state index contributed by atoms with van der Waals surface area (Å²) in [5.41, 5.74) is 3.64. The van der Waals surface area contributed by atoms with E-state index in [0.29, 0.717) is 5.41 Å². The van der Waals surface area contributed by atoms with Gasteiger partial charge in [-0.05, 0) is 57.8 Å². The third kappa shape index (κ3) is 5.20. The van der Waals surface area contributed by atoms with E-state index in [-0.39, 0.29) is 0 Å². The maximum absolute atomic E-state index is 2.45. The Kier molecular flexibility index (Phi) is 4.63. The van der Waals surface area contributed by atoms with Crippen molar-refractivity contribution >= 4 is 0 Å². The molecule has 1 aliphatic carbocycles. The van der Waals surface area contributed by atoms with Crippen LogP contribution in [0.3, 0.4) is 0 Å². The van der Waals surface area contributed by atoms with E-state index in [1.165, 1.54) is 38.5 Å². The first-order chi connectivity index (χ1) is 6.99. The lowest BCUT2D eigenvalue weighted by Gasteiger charge is -2.23. The topological polar surface area (TPSA) is 0 Å². The van der Waals surface area contributed by atoms with E-state index in [2.05, 4.69) is 39.8 Å². The van der Waals surface area contributed by atoms with Crippen molar-refractivity contribution < 1.29 is 0 Å². The summed E-state index contributed by atoms with van der Waals surface area (Å²) >= 11 is 0. The van der Waals surface area contributed by atoms with Gasteiger partial charge in [0.25, 0.3) is 0 Å². The Morgan fingerprint density at radius 2 is 1.67 bits per heavy atom. The van der Waals surface area contributed by atoms with E-state index in [1.54, 1.807) is 11.1 Å².